The molecule has 0 N–H and O–H groups in total. The maximum absolute atomic E-state index is 12.6. The quantitative estimate of drug-likeness (QED) is 0.782. The minimum absolute atomic E-state index is 0.255. The Balaban J connectivity index is 1.31. The van der Waals surface area contributed by atoms with Crippen LogP contribution in [0.2, 0.25) is 0 Å². The van der Waals surface area contributed by atoms with Crippen LogP contribution >= 0.6 is 11.8 Å². The van der Waals surface area contributed by atoms with Crippen molar-refractivity contribution < 1.29 is 4.79 Å². The van der Waals surface area contributed by atoms with E-state index in [2.05, 4.69) is 20.4 Å². The van der Waals surface area contributed by atoms with Gasteiger partial charge in [0, 0.05) is 13.1 Å². The highest BCUT2D eigenvalue weighted by Gasteiger charge is 2.33. The highest BCUT2D eigenvalue weighted by atomic mass is 32.2. The Labute approximate surface area is 147 Å². The first-order valence-corrected chi connectivity index (χ1v) is 10.5. The van der Waals surface area contributed by atoms with Gasteiger partial charge in [0.05, 0.1) is 11.8 Å². The molecule has 1 amide bonds. The lowest BCUT2D eigenvalue weighted by Crippen LogP contribution is -2.45. The van der Waals surface area contributed by atoms with Gasteiger partial charge < -0.3 is 4.90 Å². The minimum atomic E-state index is 0.255. The Morgan fingerprint density at radius 3 is 2.62 bits per heavy atom. The van der Waals surface area contributed by atoms with Crippen LogP contribution in [0.15, 0.2) is 5.16 Å². The fourth-order valence-corrected chi connectivity index (χ4v) is 5.55. The zero-order valence-corrected chi connectivity index (χ0v) is 15.1. The second kappa shape index (κ2) is 7.42. The fourth-order valence-electron chi connectivity index (χ4n) is 4.70. The standard InChI is InChI=1S/C17H27N5OS/c23-16(21-10-9-13-5-1-2-6-14(13)11-21)12-24-17-18-19-20-22(17)15-7-3-4-8-15/h13-15H,1-12H2. The molecular formula is C17H27N5OS. The summed E-state index contributed by atoms with van der Waals surface area (Å²) in [6, 6.07) is 0.426. The van der Waals surface area contributed by atoms with Gasteiger partial charge in [-0.15, -0.1) is 5.10 Å². The van der Waals surface area contributed by atoms with Crippen LogP contribution in [0.1, 0.15) is 63.8 Å². The average molecular weight is 350 g/mol. The van der Waals surface area contributed by atoms with E-state index in [0.29, 0.717) is 11.8 Å². The molecule has 0 spiro atoms. The first-order chi connectivity index (χ1) is 11.8. The van der Waals surface area contributed by atoms with Gasteiger partial charge in [-0.25, -0.2) is 4.68 Å². The van der Waals surface area contributed by atoms with Gasteiger partial charge >= 0.3 is 0 Å². The van der Waals surface area contributed by atoms with Crippen molar-refractivity contribution in [3.05, 3.63) is 0 Å². The normalized spacial score (nSPS) is 28.1. The van der Waals surface area contributed by atoms with Crippen molar-refractivity contribution in [3.8, 4) is 0 Å². The van der Waals surface area contributed by atoms with E-state index in [1.807, 2.05) is 4.68 Å². The van der Waals surface area contributed by atoms with E-state index >= 15 is 0 Å². The van der Waals surface area contributed by atoms with Crippen LogP contribution in [0.3, 0.4) is 0 Å². The molecule has 0 aromatic carbocycles. The molecule has 1 saturated heterocycles. The summed E-state index contributed by atoms with van der Waals surface area (Å²) in [6.45, 7) is 1.91. The third kappa shape index (κ3) is 3.46. The van der Waals surface area contributed by atoms with Crippen LogP contribution in [0.5, 0.6) is 0 Å². The number of carbonyl (C=O) groups is 1. The number of amides is 1. The number of nitrogens with zero attached hydrogens (tertiary/aromatic N) is 5. The zero-order chi connectivity index (χ0) is 16.4. The van der Waals surface area contributed by atoms with Crippen molar-refractivity contribution >= 4 is 17.7 Å². The summed E-state index contributed by atoms with van der Waals surface area (Å²) in [5, 5.41) is 12.9. The summed E-state index contributed by atoms with van der Waals surface area (Å²) in [6.07, 6.45) is 11.4. The number of rotatable bonds is 4. The molecule has 1 aromatic heterocycles. The number of hydrogen-bond acceptors (Lipinski definition) is 5. The molecule has 132 valence electrons. The minimum Gasteiger partial charge on any atom is -0.342 e. The van der Waals surface area contributed by atoms with Gasteiger partial charge in [0.2, 0.25) is 11.1 Å². The molecule has 3 aliphatic rings. The number of piperidine rings is 1. The van der Waals surface area contributed by atoms with Gasteiger partial charge in [-0.2, -0.15) is 0 Å². The van der Waals surface area contributed by atoms with Crippen LogP contribution in [-0.4, -0.2) is 49.9 Å². The SMILES string of the molecule is O=C(CSc1nnnn1C1CCCC1)N1CCC2CCCCC2C1. The van der Waals surface area contributed by atoms with E-state index in [1.54, 1.807) is 0 Å². The molecule has 24 heavy (non-hydrogen) atoms. The van der Waals surface area contributed by atoms with Crippen molar-refractivity contribution in [2.45, 2.75) is 69.0 Å². The maximum Gasteiger partial charge on any atom is 0.233 e. The first kappa shape index (κ1) is 16.4. The number of carbonyl (C=O) groups excluding carboxylic acids is 1. The third-order valence-electron chi connectivity index (χ3n) is 6.10. The number of thioether (sulfide) groups is 1. The number of hydrogen-bond donors (Lipinski definition) is 0. The molecule has 2 heterocycles. The molecule has 1 aromatic rings. The molecular weight excluding hydrogens is 322 g/mol. The molecule has 1 aliphatic heterocycles. The van der Waals surface area contributed by atoms with E-state index in [9.17, 15) is 4.79 Å². The van der Waals surface area contributed by atoms with Crippen molar-refractivity contribution in [3.63, 3.8) is 0 Å². The highest BCUT2D eigenvalue weighted by molar-refractivity contribution is 7.99. The van der Waals surface area contributed by atoms with Crippen molar-refractivity contribution in [1.29, 1.82) is 0 Å². The van der Waals surface area contributed by atoms with E-state index in [-0.39, 0.29) is 5.91 Å². The summed E-state index contributed by atoms with van der Waals surface area (Å²) in [5.74, 6) is 2.32. The van der Waals surface area contributed by atoms with Crippen molar-refractivity contribution in [2.24, 2.45) is 11.8 Å². The van der Waals surface area contributed by atoms with E-state index in [0.717, 1.165) is 42.9 Å². The van der Waals surface area contributed by atoms with E-state index in [4.69, 9.17) is 0 Å². The first-order valence-electron chi connectivity index (χ1n) is 9.49. The smallest absolute Gasteiger partial charge is 0.233 e. The van der Waals surface area contributed by atoms with Gasteiger partial charge in [-0.3, -0.25) is 4.79 Å². The predicted octanol–water partition coefficient (Wildman–Crippen LogP) is 2.92. The van der Waals surface area contributed by atoms with Gasteiger partial charge in [-0.1, -0.05) is 43.9 Å². The van der Waals surface area contributed by atoms with Gasteiger partial charge in [0.1, 0.15) is 0 Å². The van der Waals surface area contributed by atoms with Crippen molar-refractivity contribution in [2.75, 3.05) is 18.8 Å². The van der Waals surface area contributed by atoms with Gasteiger partial charge in [0.25, 0.3) is 0 Å². The highest BCUT2D eigenvalue weighted by Crippen LogP contribution is 2.36. The Morgan fingerprint density at radius 1 is 1.04 bits per heavy atom. The average Bonchev–Trinajstić information content (AvgIpc) is 3.30. The van der Waals surface area contributed by atoms with Crippen LogP contribution in [-0.2, 0) is 4.79 Å². The second-order valence-corrected chi connectivity index (χ2v) is 8.51. The maximum atomic E-state index is 12.6. The zero-order valence-electron chi connectivity index (χ0n) is 14.3. The molecule has 2 atom stereocenters. The summed E-state index contributed by atoms with van der Waals surface area (Å²) in [7, 11) is 0. The molecule has 2 unspecified atom stereocenters. The molecule has 4 rings (SSSR count). The Morgan fingerprint density at radius 2 is 1.79 bits per heavy atom. The molecule has 7 heteroatoms. The number of tetrazole rings is 1. The van der Waals surface area contributed by atoms with Gasteiger partial charge in [0.15, 0.2) is 0 Å². The lowest BCUT2D eigenvalue weighted by molar-refractivity contribution is -0.131. The summed E-state index contributed by atoms with van der Waals surface area (Å²) >= 11 is 1.51. The van der Waals surface area contributed by atoms with Crippen LogP contribution in [0.4, 0.5) is 0 Å². The lowest BCUT2D eigenvalue weighted by atomic mass is 9.75. The number of aromatic nitrogens is 4. The fraction of sp³-hybridized carbons (Fsp3) is 0.882. The molecule has 6 nitrogen and oxygen atoms in total. The van der Waals surface area contributed by atoms with Crippen LogP contribution in [0, 0.1) is 11.8 Å². The molecule has 0 radical (unpaired) electrons. The lowest BCUT2D eigenvalue weighted by Gasteiger charge is -2.41. The molecule has 2 saturated carbocycles. The largest absolute Gasteiger partial charge is 0.342 e. The van der Waals surface area contributed by atoms with Crippen LogP contribution in [0.25, 0.3) is 0 Å². The predicted molar refractivity (Wildman–Crippen MR) is 92.7 cm³/mol. The monoisotopic (exact) mass is 349 g/mol. The van der Waals surface area contributed by atoms with Crippen LogP contribution < -0.4 is 0 Å². The topological polar surface area (TPSA) is 63.9 Å². The molecule has 3 fully saturated rings. The number of fused-ring (bicyclic) bond motifs is 1. The second-order valence-electron chi connectivity index (χ2n) is 7.57. The Kier molecular flexibility index (Phi) is 5.06. The molecule has 0 bridgehead atoms. The summed E-state index contributed by atoms with van der Waals surface area (Å²) < 4.78 is 1.94. The van der Waals surface area contributed by atoms with Gasteiger partial charge in [-0.05, 0) is 47.9 Å². The summed E-state index contributed by atoms with van der Waals surface area (Å²) in [5.41, 5.74) is 0. The van der Waals surface area contributed by atoms with Crippen molar-refractivity contribution in [1.82, 2.24) is 25.1 Å². The molecule has 2 aliphatic carbocycles. The summed E-state index contributed by atoms with van der Waals surface area (Å²) in [4.78, 5) is 14.7. The Bertz CT molecular complexity index is 571. The third-order valence-corrected chi connectivity index (χ3v) is 7.02. The van der Waals surface area contributed by atoms with E-state index in [1.165, 1.54) is 56.7 Å². The van der Waals surface area contributed by atoms with E-state index < -0.39 is 0 Å². The number of likely N-dealkylation sites (tertiary alicyclic amines) is 1. The Hall–Kier alpha value is -1.11.